The Morgan fingerprint density at radius 3 is 2.41 bits per heavy atom. The lowest BCUT2D eigenvalue weighted by Crippen LogP contribution is -2.35. The van der Waals surface area contributed by atoms with Crippen molar-refractivity contribution >= 4 is 46.7 Å². The Morgan fingerprint density at radius 1 is 1.11 bits per heavy atom. The minimum atomic E-state index is -1.11. The Balaban J connectivity index is 1.82. The Morgan fingerprint density at radius 2 is 1.78 bits per heavy atom. The molecule has 0 radical (unpaired) electrons. The van der Waals surface area contributed by atoms with Crippen LogP contribution in [0.5, 0.6) is 0 Å². The van der Waals surface area contributed by atoms with Crippen molar-refractivity contribution in [2.75, 3.05) is 11.9 Å². The summed E-state index contributed by atoms with van der Waals surface area (Å²) < 4.78 is 17.8. The van der Waals surface area contributed by atoms with E-state index in [-0.39, 0.29) is 10.6 Å². The second-order valence-corrected chi connectivity index (χ2v) is 6.28. The number of benzene rings is 2. The van der Waals surface area contributed by atoms with Crippen LogP contribution < -0.4 is 10.6 Å². The van der Waals surface area contributed by atoms with Gasteiger partial charge in [-0.1, -0.05) is 23.2 Å². The van der Waals surface area contributed by atoms with Crippen molar-refractivity contribution in [3.63, 3.8) is 0 Å². The van der Waals surface area contributed by atoms with Crippen LogP contribution in [0.25, 0.3) is 0 Å². The molecule has 0 heterocycles. The standard InChI is InChI=1S/C18H15Cl2FN2O4/c1-10(17(25)23-13-5-3-12(21)4-6-13)27-16(24)9-22-18(26)14-7-2-11(19)8-15(14)20/h2-8,10H,9H2,1H3,(H,22,26)(H,23,25)/t10-/m0/s1. The van der Waals surface area contributed by atoms with E-state index >= 15 is 0 Å². The molecule has 0 aliphatic rings. The summed E-state index contributed by atoms with van der Waals surface area (Å²) >= 11 is 11.7. The molecule has 6 nitrogen and oxygen atoms in total. The second kappa shape index (κ2) is 9.34. The highest BCUT2D eigenvalue weighted by molar-refractivity contribution is 6.36. The van der Waals surface area contributed by atoms with Crippen LogP contribution in [0, 0.1) is 5.82 Å². The number of rotatable bonds is 6. The molecule has 1 atom stereocenters. The number of halogens is 3. The van der Waals surface area contributed by atoms with Crippen molar-refractivity contribution in [2.45, 2.75) is 13.0 Å². The highest BCUT2D eigenvalue weighted by Crippen LogP contribution is 2.20. The topological polar surface area (TPSA) is 84.5 Å². The van der Waals surface area contributed by atoms with E-state index < -0.39 is 36.2 Å². The minimum Gasteiger partial charge on any atom is -0.451 e. The van der Waals surface area contributed by atoms with Crippen molar-refractivity contribution in [3.8, 4) is 0 Å². The molecule has 9 heteroatoms. The van der Waals surface area contributed by atoms with Crippen molar-refractivity contribution in [2.24, 2.45) is 0 Å². The summed E-state index contributed by atoms with van der Waals surface area (Å²) in [5.74, 6) is -2.43. The Bertz CT molecular complexity index is 859. The molecule has 2 aromatic carbocycles. The van der Waals surface area contributed by atoms with Gasteiger partial charge in [-0.2, -0.15) is 0 Å². The van der Waals surface area contributed by atoms with Gasteiger partial charge < -0.3 is 15.4 Å². The first-order valence-electron chi connectivity index (χ1n) is 7.75. The number of ether oxygens (including phenoxy) is 1. The molecule has 2 rings (SSSR count). The highest BCUT2D eigenvalue weighted by atomic mass is 35.5. The van der Waals surface area contributed by atoms with Gasteiger partial charge in [-0.25, -0.2) is 4.39 Å². The number of esters is 1. The zero-order valence-electron chi connectivity index (χ0n) is 14.1. The molecule has 2 aromatic rings. The van der Waals surface area contributed by atoms with Gasteiger partial charge in [0.25, 0.3) is 11.8 Å². The number of nitrogens with one attached hydrogen (secondary N) is 2. The smallest absolute Gasteiger partial charge is 0.326 e. The van der Waals surface area contributed by atoms with Gasteiger partial charge in [-0.15, -0.1) is 0 Å². The number of anilines is 1. The molecule has 0 bridgehead atoms. The Kier molecular flexibility index (Phi) is 7.15. The van der Waals surface area contributed by atoms with Crippen LogP contribution in [0.1, 0.15) is 17.3 Å². The molecule has 2 N–H and O–H groups in total. The van der Waals surface area contributed by atoms with Gasteiger partial charge in [-0.3, -0.25) is 14.4 Å². The number of hydrogen-bond donors (Lipinski definition) is 2. The molecule has 0 saturated heterocycles. The molecule has 0 spiro atoms. The molecule has 0 unspecified atom stereocenters. The monoisotopic (exact) mass is 412 g/mol. The molecular weight excluding hydrogens is 398 g/mol. The summed E-state index contributed by atoms with van der Waals surface area (Å²) in [5.41, 5.74) is 0.506. The van der Waals surface area contributed by atoms with Crippen molar-refractivity contribution in [1.82, 2.24) is 5.32 Å². The number of carbonyl (C=O) groups is 3. The van der Waals surface area contributed by atoms with Crippen LogP contribution in [0.15, 0.2) is 42.5 Å². The molecule has 27 heavy (non-hydrogen) atoms. The fourth-order valence-electron chi connectivity index (χ4n) is 1.99. The number of amides is 2. The van der Waals surface area contributed by atoms with Crippen LogP contribution in [-0.2, 0) is 14.3 Å². The van der Waals surface area contributed by atoms with Crippen LogP contribution in [0.3, 0.4) is 0 Å². The molecule has 0 aliphatic heterocycles. The van der Waals surface area contributed by atoms with E-state index in [1.807, 2.05) is 0 Å². The molecule has 0 aromatic heterocycles. The third kappa shape index (κ3) is 6.23. The zero-order valence-corrected chi connectivity index (χ0v) is 15.6. The van der Waals surface area contributed by atoms with Crippen molar-refractivity contribution in [1.29, 1.82) is 0 Å². The maximum Gasteiger partial charge on any atom is 0.326 e. The molecular formula is C18H15Cl2FN2O4. The van der Waals surface area contributed by atoms with Crippen LogP contribution >= 0.6 is 23.2 Å². The van der Waals surface area contributed by atoms with Crippen molar-refractivity contribution < 1.29 is 23.5 Å². The van der Waals surface area contributed by atoms with Gasteiger partial charge in [0.05, 0.1) is 10.6 Å². The van der Waals surface area contributed by atoms with E-state index in [1.165, 1.54) is 49.4 Å². The third-order valence-corrected chi connectivity index (χ3v) is 3.91. The molecule has 2 amide bonds. The summed E-state index contributed by atoms with van der Waals surface area (Å²) in [6.07, 6.45) is -1.11. The van der Waals surface area contributed by atoms with Gasteiger partial charge >= 0.3 is 5.97 Å². The molecule has 142 valence electrons. The van der Waals surface area contributed by atoms with Gasteiger partial charge in [-0.05, 0) is 49.4 Å². The summed E-state index contributed by atoms with van der Waals surface area (Å²) in [7, 11) is 0. The fraction of sp³-hybridized carbons (Fsp3) is 0.167. The fourth-order valence-corrected chi connectivity index (χ4v) is 2.49. The quantitative estimate of drug-likeness (QED) is 0.711. The lowest BCUT2D eigenvalue weighted by Gasteiger charge is -2.14. The summed E-state index contributed by atoms with van der Waals surface area (Å²) in [6, 6.07) is 9.42. The number of hydrogen-bond acceptors (Lipinski definition) is 4. The van der Waals surface area contributed by atoms with Crippen molar-refractivity contribution in [3.05, 3.63) is 63.9 Å². The first-order chi connectivity index (χ1) is 12.8. The minimum absolute atomic E-state index is 0.139. The van der Waals surface area contributed by atoms with E-state index in [4.69, 9.17) is 27.9 Å². The maximum absolute atomic E-state index is 12.8. The average Bonchev–Trinajstić information content (AvgIpc) is 2.61. The lowest BCUT2D eigenvalue weighted by atomic mass is 10.2. The summed E-state index contributed by atoms with van der Waals surface area (Å²) in [5, 5.41) is 5.33. The van der Waals surface area contributed by atoms with Gasteiger partial charge in [0.1, 0.15) is 12.4 Å². The van der Waals surface area contributed by atoms with E-state index in [2.05, 4.69) is 10.6 Å². The van der Waals surface area contributed by atoms with Crippen LogP contribution in [-0.4, -0.2) is 30.4 Å². The van der Waals surface area contributed by atoms with E-state index in [0.717, 1.165) is 0 Å². The highest BCUT2D eigenvalue weighted by Gasteiger charge is 2.19. The summed E-state index contributed by atoms with van der Waals surface area (Å²) in [6.45, 7) is 0.917. The Hall–Kier alpha value is -2.64. The Labute approximate surface area is 164 Å². The molecule has 0 aliphatic carbocycles. The van der Waals surface area contributed by atoms with Crippen LogP contribution in [0.2, 0.25) is 10.0 Å². The first kappa shape index (κ1) is 20.7. The third-order valence-electron chi connectivity index (χ3n) is 3.36. The van der Waals surface area contributed by atoms with Gasteiger partial charge in [0.2, 0.25) is 0 Å². The predicted molar refractivity (Wildman–Crippen MR) is 99.4 cm³/mol. The average molecular weight is 413 g/mol. The van der Waals surface area contributed by atoms with Crippen LogP contribution in [0.4, 0.5) is 10.1 Å². The normalized spacial score (nSPS) is 11.4. The second-order valence-electron chi connectivity index (χ2n) is 5.44. The maximum atomic E-state index is 12.8. The SMILES string of the molecule is C[C@H](OC(=O)CNC(=O)c1ccc(Cl)cc1Cl)C(=O)Nc1ccc(F)cc1. The van der Waals surface area contributed by atoms with Gasteiger partial charge in [0, 0.05) is 10.7 Å². The summed E-state index contributed by atoms with van der Waals surface area (Å²) in [4.78, 5) is 35.8. The van der Waals surface area contributed by atoms with E-state index in [0.29, 0.717) is 10.7 Å². The predicted octanol–water partition coefficient (Wildman–Crippen LogP) is 3.43. The van der Waals surface area contributed by atoms with E-state index in [9.17, 15) is 18.8 Å². The van der Waals surface area contributed by atoms with E-state index in [1.54, 1.807) is 0 Å². The number of carbonyl (C=O) groups excluding carboxylic acids is 3. The zero-order chi connectivity index (χ0) is 20.0. The molecule has 0 fully saturated rings. The van der Waals surface area contributed by atoms with Gasteiger partial charge in [0.15, 0.2) is 6.10 Å². The largest absolute Gasteiger partial charge is 0.451 e. The first-order valence-corrected chi connectivity index (χ1v) is 8.51. The lowest BCUT2D eigenvalue weighted by molar-refractivity contribution is -0.152. The molecule has 0 saturated carbocycles.